The van der Waals surface area contributed by atoms with Crippen LogP contribution in [-0.4, -0.2) is 58.9 Å². The van der Waals surface area contributed by atoms with E-state index >= 15 is 0 Å². The number of carbonyl (C=O) groups excluding carboxylic acids is 2. The molecule has 2 aliphatic rings. The number of hydrogen-bond donors (Lipinski definition) is 1. The van der Waals surface area contributed by atoms with Crippen LogP contribution in [0.15, 0.2) is 53.0 Å². The van der Waals surface area contributed by atoms with E-state index in [9.17, 15) is 9.59 Å². The number of hydrogen-bond acceptors (Lipinski definition) is 3. The van der Waals surface area contributed by atoms with Crippen LogP contribution in [0, 0.1) is 0 Å². The third-order valence-corrected chi connectivity index (χ3v) is 6.98. The topological polar surface area (TPSA) is 65.6 Å². The molecule has 0 unspecified atom stereocenters. The molecule has 1 fully saturated rings. The van der Waals surface area contributed by atoms with E-state index < -0.39 is 6.04 Å². The smallest absolute Gasteiger partial charge is 0.246 e. The Kier molecular flexibility index (Phi) is 5.78. The van der Waals surface area contributed by atoms with Gasteiger partial charge in [-0.1, -0.05) is 46.3 Å². The van der Waals surface area contributed by atoms with Crippen molar-refractivity contribution < 1.29 is 14.3 Å². The summed E-state index contributed by atoms with van der Waals surface area (Å²) in [6, 6.07) is 15.4. The number of aromatic amines is 1. The molecule has 2 aromatic carbocycles. The second-order valence-corrected chi connectivity index (χ2v) is 9.26. The number of H-pyrrole nitrogens is 1. The predicted molar refractivity (Wildman–Crippen MR) is 126 cm³/mol. The molecule has 166 valence electrons. The van der Waals surface area contributed by atoms with Crippen molar-refractivity contribution in [2.45, 2.75) is 31.8 Å². The van der Waals surface area contributed by atoms with Gasteiger partial charge in [-0.25, -0.2) is 0 Å². The van der Waals surface area contributed by atoms with Crippen LogP contribution < -0.4 is 0 Å². The first-order valence-corrected chi connectivity index (χ1v) is 11.9. The molecule has 6 nitrogen and oxygen atoms in total. The molecule has 2 amide bonds. The number of carbonyl (C=O) groups is 2. The van der Waals surface area contributed by atoms with Crippen molar-refractivity contribution in [3.05, 3.63) is 69.8 Å². The average molecular weight is 496 g/mol. The minimum atomic E-state index is -0.497. The molecule has 0 spiro atoms. The highest BCUT2D eigenvalue weighted by Crippen LogP contribution is 2.42. The predicted octanol–water partition coefficient (Wildman–Crippen LogP) is 4.04. The van der Waals surface area contributed by atoms with Crippen molar-refractivity contribution in [3.63, 3.8) is 0 Å². The summed E-state index contributed by atoms with van der Waals surface area (Å²) in [5.41, 5.74) is 4.17. The molecule has 7 heteroatoms. The Hall–Kier alpha value is -2.64. The maximum atomic E-state index is 13.5. The fraction of sp³-hybridized carbons (Fsp3) is 0.360. The molecule has 32 heavy (non-hydrogen) atoms. The fourth-order valence-corrected chi connectivity index (χ4v) is 5.27. The zero-order valence-corrected chi connectivity index (χ0v) is 19.6. The number of benzene rings is 2. The summed E-state index contributed by atoms with van der Waals surface area (Å²) < 4.78 is 6.40. The molecule has 1 N–H and O–H groups in total. The molecule has 3 aromatic rings. The average Bonchev–Trinajstić information content (AvgIpc) is 3.17. The minimum absolute atomic E-state index is 0.0109. The lowest BCUT2D eigenvalue weighted by molar-refractivity contribution is -0.158. The zero-order valence-electron chi connectivity index (χ0n) is 18.0. The van der Waals surface area contributed by atoms with Gasteiger partial charge >= 0.3 is 0 Å². The number of nitrogens with zero attached hydrogens (tertiary/aromatic N) is 2. The van der Waals surface area contributed by atoms with Gasteiger partial charge in [-0.2, -0.15) is 0 Å². The van der Waals surface area contributed by atoms with Crippen molar-refractivity contribution in [2.24, 2.45) is 0 Å². The molecule has 2 atom stereocenters. The summed E-state index contributed by atoms with van der Waals surface area (Å²) in [6.07, 6.45) is 1.26. The van der Waals surface area contributed by atoms with E-state index in [4.69, 9.17) is 4.74 Å². The summed E-state index contributed by atoms with van der Waals surface area (Å²) in [5, 5.41) is 1.12. The van der Waals surface area contributed by atoms with Crippen LogP contribution in [0.5, 0.6) is 0 Å². The van der Waals surface area contributed by atoms with Gasteiger partial charge in [0.15, 0.2) is 0 Å². The van der Waals surface area contributed by atoms with Crippen LogP contribution >= 0.6 is 15.9 Å². The van der Waals surface area contributed by atoms with Gasteiger partial charge in [0.05, 0.1) is 12.6 Å². The zero-order chi connectivity index (χ0) is 22.2. The molecule has 0 saturated carbocycles. The molecule has 2 aliphatic heterocycles. The van der Waals surface area contributed by atoms with Gasteiger partial charge in [-0.3, -0.25) is 9.59 Å². The van der Waals surface area contributed by atoms with Crippen LogP contribution in [0.2, 0.25) is 0 Å². The summed E-state index contributed by atoms with van der Waals surface area (Å²) in [7, 11) is 0. The normalized spacial score (nSPS) is 20.6. The van der Waals surface area contributed by atoms with E-state index in [-0.39, 0.29) is 24.4 Å². The number of halogens is 1. The highest BCUT2D eigenvalue weighted by molar-refractivity contribution is 9.10. The molecule has 0 aliphatic carbocycles. The number of amides is 2. The molecular formula is C25H26BrN3O3. The van der Waals surface area contributed by atoms with E-state index in [1.54, 1.807) is 4.90 Å². The standard InChI is InChI=1S/C25H26BrN3O3/c1-2-32-13-5-12-28-15-22(30)29-21(25(28)31)14-19-18-6-3-4-7-20(18)27-23(19)24(29)16-8-10-17(26)11-9-16/h3-4,6-11,21,24,27H,2,5,12-15H2,1H3/t21-,24+/m0/s1. The monoisotopic (exact) mass is 495 g/mol. The lowest BCUT2D eigenvalue weighted by atomic mass is 9.86. The minimum Gasteiger partial charge on any atom is -0.382 e. The number of ether oxygens (including phenoxy) is 1. The summed E-state index contributed by atoms with van der Waals surface area (Å²) in [5.74, 6) is 0.0161. The highest BCUT2D eigenvalue weighted by atomic mass is 79.9. The molecule has 1 aromatic heterocycles. The van der Waals surface area contributed by atoms with E-state index in [1.807, 2.05) is 48.2 Å². The van der Waals surface area contributed by atoms with E-state index in [1.165, 1.54) is 0 Å². The second kappa shape index (κ2) is 8.71. The number of rotatable bonds is 6. The molecule has 5 rings (SSSR count). The molecular weight excluding hydrogens is 470 g/mol. The Morgan fingerprint density at radius 2 is 1.91 bits per heavy atom. The van der Waals surface area contributed by atoms with Gasteiger partial charge in [0.1, 0.15) is 6.04 Å². The molecule has 0 radical (unpaired) electrons. The largest absolute Gasteiger partial charge is 0.382 e. The Balaban J connectivity index is 1.56. The first-order valence-electron chi connectivity index (χ1n) is 11.1. The van der Waals surface area contributed by atoms with Gasteiger partial charge in [0.2, 0.25) is 11.8 Å². The number of piperazine rings is 1. The summed E-state index contributed by atoms with van der Waals surface area (Å²) in [4.78, 5) is 34.0. The number of aromatic nitrogens is 1. The van der Waals surface area contributed by atoms with Crippen LogP contribution in [0.25, 0.3) is 10.9 Å². The first-order chi connectivity index (χ1) is 15.6. The van der Waals surface area contributed by atoms with E-state index in [0.29, 0.717) is 26.2 Å². The lowest BCUT2D eigenvalue weighted by Crippen LogP contribution is -2.63. The van der Waals surface area contributed by atoms with Crippen LogP contribution in [-0.2, 0) is 20.7 Å². The van der Waals surface area contributed by atoms with Gasteiger partial charge in [-0.15, -0.1) is 0 Å². The third-order valence-electron chi connectivity index (χ3n) is 6.45. The number of para-hydroxylation sites is 1. The van der Waals surface area contributed by atoms with Crippen molar-refractivity contribution >= 4 is 38.6 Å². The lowest BCUT2D eigenvalue weighted by Gasteiger charge is -2.47. The summed E-state index contributed by atoms with van der Waals surface area (Å²) in [6.45, 7) is 3.86. The van der Waals surface area contributed by atoms with Crippen molar-refractivity contribution in [3.8, 4) is 0 Å². The van der Waals surface area contributed by atoms with Crippen LogP contribution in [0.4, 0.5) is 0 Å². The van der Waals surface area contributed by atoms with E-state index in [2.05, 4.69) is 33.0 Å². The van der Waals surface area contributed by atoms with Gasteiger partial charge < -0.3 is 19.5 Å². The Bertz CT molecular complexity index is 1160. The quantitative estimate of drug-likeness (QED) is 0.524. The highest BCUT2D eigenvalue weighted by Gasteiger charge is 2.48. The number of fused-ring (bicyclic) bond motifs is 4. The Morgan fingerprint density at radius 1 is 1.12 bits per heavy atom. The van der Waals surface area contributed by atoms with Crippen LogP contribution in [0.1, 0.15) is 36.2 Å². The molecule has 0 bridgehead atoms. The van der Waals surface area contributed by atoms with Crippen LogP contribution in [0.3, 0.4) is 0 Å². The molecule has 3 heterocycles. The van der Waals surface area contributed by atoms with Crippen molar-refractivity contribution in [2.75, 3.05) is 26.3 Å². The maximum absolute atomic E-state index is 13.5. The van der Waals surface area contributed by atoms with Crippen molar-refractivity contribution in [1.82, 2.24) is 14.8 Å². The summed E-state index contributed by atoms with van der Waals surface area (Å²) >= 11 is 3.50. The van der Waals surface area contributed by atoms with E-state index in [0.717, 1.165) is 38.6 Å². The maximum Gasteiger partial charge on any atom is 0.246 e. The Morgan fingerprint density at radius 3 is 2.69 bits per heavy atom. The SMILES string of the molecule is CCOCCCN1CC(=O)N2[C@H](c3ccc(Br)cc3)c3[nH]c4ccccc4c3C[C@H]2C1=O. The van der Waals surface area contributed by atoms with Gasteiger partial charge in [0.25, 0.3) is 0 Å². The van der Waals surface area contributed by atoms with Crippen molar-refractivity contribution in [1.29, 1.82) is 0 Å². The van der Waals surface area contributed by atoms with Gasteiger partial charge in [0, 0.05) is 47.2 Å². The van der Waals surface area contributed by atoms with Gasteiger partial charge in [-0.05, 0) is 42.7 Å². The number of nitrogens with one attached hydrogen (secondary N) is 1. The third kappa shape index (κ3) is 3.63. The molecule has 1 saturated heterocycles. The first kappa shape index (κ1) is 21.2. The Labute approximate surface area is 195 Å². The second-order valence-electron chi connectivity index (χ2n) is 8.35. The fourth-order valence-electron chi connectivity index (χ4n) is 5.01.